The average molecular weight is 399 g/mol. The lowest BCUT2D eigenvalue weighted by Crippen LogP contribution is -2.10. The Labute approximate surface area is 161 Å². The lowest BCUT2D eigenvalue weighted by atomic mass is 10.1. The number of benzene rings is 2. The maximum atomic E-state index is 14.4. The van der Waals surface area contributed by atoms with Gasteiger partial charge in [-0.1, -0.05) is 6.07 Å². The van der Waals surface area contributed by atoms with Crippen molar-refractivity contribution in [2.45, 2.75) is 6.61 Å². The molecule has 4 rings (SSSR count). The van der Waals surface area contributed by atoms with Crippen LogP contribution in [-0.2, 0) is 11.3 Å². The number of carbonyl (C=O) groups excluding carboxylic acids is 1. The number of rotatable bonds is 4. The van der Waals surface area contributed by atoms with Gasteiger partial charge >= 0.3 is 5.97 Å². The molecule has 0 fully saturated rings. The van der Waals surface area contributed by atoms with Crippen LogP contribution in [0.4, 0.5) is 13.2 Å². The van der Waals surface area contributed by atoms with Gasteiger partial charge in [-0.15, -0.1) is 0 Å². The number of carbonyl (C=O) groups is 1. The van der Waals surface area contributed by atoms with Crippen LogP contribution in [0, 0.1) is 17.5 Å². The largest absolute Gasteiger partial charge is 0.457 e. The molecule has 0 spiro atoms. The molecule has 2 N–H and O–H groups in total. The van der Waals surface area contributed by atoms with Gasteiger partial charge < -0.3 is 14.7 Å². The summed E-state index contributed by atoms with van der Waals surface area (Å²) in [6, 6.07) is 9.07. The summed E-state index contributed by atoms with van der Waals surface area (Å²) in [4.78, 5) is 32.7. The number of nitrogens with one attached hydrogen (secondary N) is 2. The van der Waals surface area contributed by atoms with E-state index in [0.717, 1.165) is 6.07 Å². The predicted molar refractivity (Wildman–Crippen MR) is 97.6 cm³/mol. The zero-order valence-electron chi connectivity index (χ0n) is 14.6. The molecule has 29 heavy (non-hydrogen) atoms. The van der Waals surface area contributed by atoms with Crippen LogP contribution in [0.5, 0.6) is 0 Å². The summed E-state index contributed by atoms with van der Waals surface area (Å²) in [7, 11) is 0. The summed E-state index contributed by atoms with van der Waals surface area (Å²) in [5, 5.41) is 0. The Hall–Kier alpha value is -3.88. The van der Waals surface area contributed by atoms with Crippen LogP contribution in [0.2, 0.25) is 0 Å². The first kappa shape index (κ1) is 18.5. The van der Waals surface area contributed by atoms with Crippen molar-refractivity contribution in [2.75, 3.05) is 0 Å². The van der Waals surface area contributed by atoms with Crippen molar-refractivity contribution in [1.82, 2.24) is 15.0 Å². The minimum Gasteiger partial charge on any atom is -0.457 e. The fraction of sp³-hybridized carbons (Fsp3) is 0.0500. The van der Waals surface area contributed by atoms with Gasteiger partial charge in [0, 0.05) is 11.6 Å². The quantitative estimate of drug-likeness (QED) is 0.405. The molecular formula is C20H12F3N3O3. The van der Waals surface area contributed by atoms with Gasteiger partial charge in [0.25, 0.3) is 0 Å². The molecule has 0 unspecified atom stereocenters. The van der Waals surface area contributed by atoms with Gasteiger partial charge in [0.2, 0.25) is 5.56 Å². The number of esters is 1. The summed E-state index contributed by atoms with van der Waals surface area (Å²) in [6.45, 7) is -0.806. The Morgan fingerprint density at radius 1 is 1.07 bits per heavy atom. The third-order valence-electron chi connectivity index (χ3n) is 4.32. The van der Waals surface area contributed by atoms with Crippen LogP contribution in [0.15, 0.2) is 53.6 Å². The van der Waals surface area contributed by atoms with Crippen LogP contribution in [-0.4, -0.2) is 20.9 Å². The molecule has 0 radical (unpaired) electrons. The molecule has 0 aliphatic carbocycles. The van der Waals surface area contributed by atoms with Crippen LogP contribution < -0.4 is 5.56 Å². The Bertz CT molecular complexity index is 1300. The van der Waals surface area contributed by atoms with E-state index >= 15 is 0 Å². The summed E-state index contributed by atoms with van der Waals surface area (Å²) in [5.74, 6) is -4.81. The molecule has 9 heteroatoms. The highest BCUT2D eigenvalue weighted by molar-refractivity contribution is 5.93. The van der Waals surface area contributed by atoms with Gasteiger partial charge in [0.1, 0.15) is 12.4 Å². The Morgan fingerprint density at radius 2 is 1.90 bits per heavy atom. The molecule has 2 aromatic carbocycles. The molecule has 0 bridgehead atoms. The second-order valence-corrected chi connectivity index (χ2v) is 6.15. The van der Waals surface area contributed by atoms with Gasteiger partial charge in [-0.05, 0) is 30.3 Å². The molecule has 4 aromatic rings. The molecule has 0 saturated heterocycles. The number of ether oxygens (including phenoxy) is 1. The van der Waals surface area contributed by atoms with E-state index in [0.29, 0.717) is 11.0 Å². The first-order valence-corrected chi connectivity index (χ1v) is 8.40. The Balaban J connectivity index is 1.59. The standard InChI is InChI=1S/C20H12F3N3O3/c21-13-7-11(14-2-1-3-17(27)26-14)18(22)19(23)12(13)8-29-20(28)10-4-5-15-16(6-10)25-9-24-15/h1-7,9H,8H2,(H,24,25)(H,26,27). The van der Waals surface area contributed by atoms with E-state index in [1.807, 2.05) is 0 Å². The van der Waals surface area contributed by atoms with E-state index in [2.05, 4.69) is 15.0 Å². The number of H-pyrrole nitrogens is 2. The first-order valence-electron chi connectivity index (χ1n) is 8.40. The molecule has 2 aromatic heterocycles. The number of aromatic nitrogens is 3. The number of halogens is 3. The highest BCUT2D eigenvalue weighted by Crippen LogP contribution is 2.27. The molecule has 0 amide bonds. The second kappa shape index (κ2) is 7.27. The summed E-state index contributed by atoms with van der Waals surface area (Å²) in [5.41, 5.74) is -0.446. The van der Waals surface area contributed by atoms with Crippen molar-refractivity contribution in [2.24, 2.45) is 0 Å². The highest BCUT2D eigenvalue weighted by Gasteiger charge is 2.21. The van der Waals surface area contributed by atoms with Gasteiger partial charge in [0.05, 0.1) is 34.2 Å². The average Bonchev–Trinajstić information content (AvgIpc) is 3.18. The van der Waals surface area contributed by atoms with E-state index in [-0.39, 0.29) is 11.3 Å². The van der Waals surface area contributed by atoms with Crippen LogP contribution >= 0.6 is 0 Å². The van der Waals surface area contributed by atoms with E-state index < -0.39 is 46.7 Å². The molecule has 0 aliphatic rings. The topological polar surface area (TPSA) is 87.8 Å². The van der Waals surface area contributed by atoms with Gasteiger partial charge in [-0.25, -0.2) is 22.9 Å². The highest BCUT2D eigenvalue weighted by atomic mass is 19.2. The number of hydrogen-bond donors (Lipinski definition) is 2. The van der Waals surface area contributed by atoms with E-state index in [1.54, 1.807) is 6.07 Å². The van der Waals surface area contributed by atoms with E-state index in [1.165, 1.54) is 36.7 Å². The van der Waals surface area contributed by atoms with Gasteiger partial charge in [-0.3, -0.25) is 4.79 Å². The SMILES string of the molecule is O=C(OCc1c(F)cc(-c2cccc(=O)[nH]2)c(F)c1F)c1ccc2nc[nH]c2c1. The Morgan fingerprint density at radius 3 is 2.69 bits per heavy atom. The fourth-order valence-electron chi connectivity index (χ4n) is 2.85. The molecule has 0 aliphatic heterocycles. The van der Waals surface area contributed by atoms with Crippen LogP contribution in [0.1, 0.15) is 15.9 Å². The van der Waals surface area contributed by atoms with Crippen LogP contribution in [0.25, 0.3) is 22.3 Å². The molecule has 0 atom stereocenters. The lowest BCUT2D eigenvalue weighted by molar-refractivity contribution is 0.0464. The predicted octanol–water partition coefficient (Wildman–Crippen LogP) is 3.69. The van der Waals surface area contributed by atoms with Gasteiger partial charge in [0.15, 0.2) is 11.6 Å². The number of imidazole rings is 1. The maximum absolute atomic E-state index is 14.4. The first-order chi connectivity index (χ1) is 13.9. The smallest absolute Gasteiger partial charge is 0.338 e. The zero-order chi connectivity index (χ0) is 20.5. The van der Waals surface area contributed by atoms with E-state index in [9.17, 15) is 22.8 Å². The van der Waals surface area contributed by atoms with Crippen molar-refractivity contribution in [1.29, 1.82) is 0 Å². The zero-order valence-corrected chi connectivity index (χ0v) is 14.6. The summed E-state index contributed by atoms with van der Waals surface area (Å²) >= 11 is 0. The third kappa shape index (κ3) is 3.49. The van der Waals surface area contributed by atoms with E-state index in [4.69, 9.17) is 4.74 Å². The number of fused-ring (bicyclic) bond motifs is 1. The molecule has 146 valence electrons. The number of pyridine rings is 1. The number of aromatic amines is 2. The number of hydrogen-bond acceptors (Lipinski definition) is 4. The maximum Gasteiger partial charge on any atom is 0.338 e. The minimum atomic E-state index is -1.50. The van der Waals surface area contributed by atoms with Crippen molar-refractivity contribution < 1.29 is 22.7 Å². The minimum absolute atomic E-state index is 0.0794. The lowest BCUT2D eigenvalue weighted by Gasteiger charge is -2.11. The second-order valence-electron chi connectivity index (χ2n) is 6.15. The fourth-order valence-corrected chi connectivity index (χ4v) is 2.85. The van der Waals surface area contributed by atoms with Crippen LogP contribution in [0.3, 0.4) is 0 Å². The van der Waals surface area contributed by atoms with Crippen molar-refractivity contribution in [3.8, 4) is 11.3 Å². The van der Waals surface area contributed by atoms with Crippen molar-refractivity contribution in [3.63, 3.8) is 0 Å². The molecular weight excluding hydrogens is 387 g/mol. The normalized spacial score (nSPS) is 11.0. The monoisotopic (exact) mass is 399 g/mol. The summed E-state index contributed by atoms with van der Waals surface area (Å²) in [6.07, 6.45) is 1.45. The van der Waals surface area contributed by atoms with Crippen molar-refractivity contribution >= 4 is 17.0 Å². The van der Waals surface area contributed by atoms with Gasteiger partial charge in [-0.2, -0.15) is 0 Å². The molecule has 2 heterocycles. The molecule has 6 nitrogen and oxygen atoms in total. The summed E-state index contributed by atoms with van der Waals surface area (Å²) < 4.78 is 48.2. The number of nitrogens with zero attached hydrogens (tertiary/aromatic N) is 1. The van der Waals surface area contributed by atoms with Crippen molar-refractivity contribution in [3.05, 3.63) is 87.7 Å². The Kier molecular flexibility index (Phi) is 4.63. The molecule has 0 saturated carbocycles. The third-order valence-corrected chi connectivity index (χ3v) is 4.32.